The summed E-state index contributed by atoms with van der Waals surface area (Å²) in [5.41, 5.74) is 3.69. The number of allylic oxidation sites excluding steroid dienone is 3. The molecule has 0 saturated heterocycles. The van der Waals surface area contributed by atoms with Crippen molar-refractivity contribution in [2.75, 3.05) is 0 Å². The van der Waals surface area contributed by atoms with Crippen LogP contribution in [-0.2, 0) is 0 Å². The summed E-state index contributed by atoms with van der Waals surface area (Å²) in [5.74, 6) is 2.35. The fourth-order valence-corrected chi connectivity index (χ4v) is 13.0. The maximum absolute atomic E-state index is 5.53. The Labute approximate surface area is 406 Å². The highest BCUT2D eigenvalue weighted by molar-refractivity contribution is 8.03. The molecular weight excluding hydrogens is 913 g/mol. The van der Waals surface area contributed by atoms with Gasteiger partial charge in [-0.3, -0.25) is 0 Å². The topological polar surface area (TPSA) is 109 Å². The van der Waals surface area contributed by atoms with Gasteiger partial charge in [-0.25, -0.2) is 25.0 Å². The third kappa shape index (κ3) is 7.55. The average Bonchev–Trinajstić information content (AvgIpc) is 4.12. The monoisotopic (exact) mass is 948 g/mol. The van der Waals surface area contributed by atoms with Crippen molar-refractivity contribution in [3.63, 3.8) is 0 Å². The Morgan fingerprint density at radius 3 is 1.40 bits per heavy atom. The molecular formula is C56H36N8S4. The van der Waals surface area contributed by atoms with Crippen LogP contribution in [0.1, 0.15) is 0 Å². The molecule has 0 amide bonds. The Hall–Kier alpha value is -7.35. The van der Waals surface area contributed by atoms with Crippen LogP contribution in [0.15, 0.2) is 270 Å². The van der Waals surface area contributed by atoms with E-state index in [1.165, 1.54) is 0 Å². The van der Waals surface area contributed by atoms with Crippen molar-refractivity contribution in [1.29, 1.82) is 0 Å². The number of hydrogen-bond donors (Lipinski definition) is 3. The minimum Gasteiger partial charge on any atom is -0.324 e. The fraction of sp³-hybridized carbons (Fsp3) is 0.0179. The first kappa shape index (κ1) is 40.9. The van der Waals surface area contributed by atoms with E-state index in [-0.39, 0.29) is 5.92 Å². The molecule has 8 bridgehead atoms. The van der Waals surface area contributed by atoms with E-state index in [0.29, 0.717) is 45.2 Å². The number of benzene rings is 7. The predicted octanol–water partition coefficient (Wildman–Crippen LogP) is 13.2. The zero-order valence-electron chi connectivity index (χ0n) is 35.9. The highest BCUT2D eigenvalue weighted by Crippen LogP contribution is 2.45. The molecule has 0 fully saturated rings. The van der Waals surface area contributed by atoms with Gasteiger partial charge in [0.15, 0.2) is 5.82 Å². The second-order valence-corrected chi connectivity index (χ2v) is 20.7. The largest absolute Gasteiger partial charge is 0.324 e. The minimum atomic E-state index is -0.265. The summed E-state index contributed by atoms with van der Waals surface area (Å²) >= 11 is 6.85. The number of aliphatic imine (C=N–C) groups is 1. The Kier molecular flexibility index (Phi) is 10.5. The molecule has 5 heterocycles. The van der Waals surface area contributed by atoms with E-state index in [1.54, 1.807) is 47.0 Å². The summed E-state index contributed by atoms with van der Waals surface area (Å²) < 4.78 is 0. The van der Waals surface area contributed by atoms with Gasteiger partial charge in [0.2, 0.25) is 0 Å². The lowest BCUT2D eigenvalue weighted by molar-refractivity contribution is 1.01. The number of hydrogen-bond acceptors (Lipinski definition) is 9. The van der Waals surface area contributed by atoms with E-state index in [0.717, 1.165) is 77.1 Å². The van der Waals surface area contributed by atoms with Gasteiger partial charge in [-0.05, 0) is 66.7 Å². The van der Waals surface area contributed by atoms with Crippen LogP contribution >= 0.6 is 47.0 Å². The molecule has 3 N–H and O–H groups in total. The van der Waals surface area contributed by atoms with Gasteiger partial charge >= 0.3 is 0 Å². The number of thioether (sulfide) groups is 1. The van der Waals surface area contributed by atoms with Gasteiger partial charge in [-0.1, -0.05) is 174 Å². The molecule has 0 saturated carbocycles. The fourth-order valence-electron chi connectivity index (χ4n) is 8.90. The van der Waals surface area contributed by atoms with Gasteiger partial charge in [0.25, 0.3) is 0 Å². The molecule has 7 aromatic carbocycles. The van der Waals surface area contributed by atoms with Crippen molar-refractivity contribution in [3.8, 4) is 0 Å². The smallest absolute Gasteiger partial charge is 0.160 e. The van der Waals surface area contributed by atoms with E-state index in [1.807, 2.05) is 24.3 Å². The Morgan fingerprint density at radius 2 is 0.838 bits per heavy atom. The van der Waals surface area contributed by atoms with Crippen LogP contribution < -0.4 is 22.0 Å². The second kappa shape index (κ2) is 17.4. The summed E-state index contributed by atoms with van der Waals surface area (Å²) in [6.45, 7) is 0. The van der Waals surface area contributed by atoms with Crippen LogP contribution in [0.3, 0.4) is 0 Å². The first-order valence-corrected chi connectivity index (χ1v) is 25.4. The highest BCUT2D eigenvalue weighted by atomic mass is 32.2. The average molecular weight is 949 g/mol. The second-order valence-electron chi connectivity index (χ2n) is 16.2. The van der Waals surface area contributed by atoms with Crippen molar-refractivity contribution in [3.05, 3.63) is 232 Å². The van der Waals surface area contributed by atoms with Gasteiger partial charge in [0, 0.05) is 77.1 Å². The zero-order chi connectivity index (χ0) is 45.0. The third-order valence-electron chi connectivity index (χ3n) is 11.9. The standard InChI is InChI=1S/C56H36N8S4/c1-5-17-33(18-6-1)65-41-29-13-25-37-45(41)53-57-49(37)62-54-47-39(27-15-31-43(47)67-35-21-9-3-10-22-35)51(59-54)64-56-48-40(28-16-32-44(48)68-36-23-11-4-12-24-36)52(60-56)63-55-46-38(50(58-55)61-53)26-14-30-42(46)66-34-19-7-2-8-20-34/h1-32,45,60H,(H,59,62,64)(H,57,58,61,63). The van der Waals surface area contributed by atoms with Gasteiger partial charge in [0.1, 0.15) is 39.4 Å². The molecule has 13 rings (SSSR count). The van der Waals surface area contributed by atoms with E-state index >= 15 is 0 Å². The van der Waals surface area contributed by atoms with Crippen molar-refractivity contribution in [1.82, 2.24) is 15.0 Å². The number of H-pyrrole nitrogens is 3. The Morgan fingerprint density at radius 1 is 0.368 bits per heavy atom. The highest BCUT2D eigenvalue weighted by Gasteiger charge is 2.34. The zero-order valence-corrected chi connectivity index (χ0v) is 39.2. The first-order valence-electron chi connectivity index (χ1n) is 22.1. The molecule has 1 atom stereocenters. The number of amidine groups is 1. The van der Waals surface area contributed by atoms with Gasteiger partial charge in [-0.2, -0.15) is 0 Å². The van der Waals surface area contributed by atoms with Crippen LogP contribution in [0.5, 0.6) is 0 Å². The molecule has 12 heteroatoms. The number of aromatic nitrogens is 3. The number of fused-ring (bicyclic) bond motifs is 18. The van der Waals surface area contributed by atoms with E-state index < -0.39 is 0 Å². The van der Waals surface area contributed by atoms with Gasteiger partial charge in [-0.15, -0.1) is 0 Å². The Bertz CT molecular complexity index is 4020. The van der Waals surface area contributed by atoms with Crippen molar-refractivity contribution < 1.29 is 0 Å². The van der Waals surface area contributed by atoms with Crippen molar-refractivity contribution in [2.45, 2.75) is 34.3 Å². The van der Waals surface area contributed by atoms with E-state index in [2.05, 4.69) is 185 Å². The molecule has 8 nitrogen and oxygen atoms in total. The maximum atomic E-state index is 5.53. The van der Waals surface area contributed by atoms with Gasteiger partial charge in [0.05, 0.1) is 5.92 Å². The molecule has 10 aromatic rings. The van der Waals surface area contributed by atoms with E-state index in [4.69, 9.17) is 25.0 Å². The molecule has 324 valence electrons. The molecule has 1 unspecified atom stereocenters. The van der Waals surface area contributed by atoms with E-state index in [9.17, 15) is 0 Å². The van der Waals surface area contributed by atoms with Crippen molar-refractivity contribution in [2.24, 2.45) is 30.9 Å². The van der Waals surface area contributed by atoms with Crippen LogP contribution in [0.2, 0.25) is 0 Å². The summed E-state index contributed by atoms with van der Waals surface area (Å²) in [5, 5.41) is 5.74. The molecule has 0 radical (unpaired) electrons. The summed E-state index contributed by atoms with van der Waals surface area (Å²) in [6.07, 6.45) is 6.41. The summed E-state index contributed by atoms with van der Waals surface area (Å²) in [7, 11) is 0. The Balaban J connectivity index is 1.13. The molecule has 2 aliphatic heterocycles. The van der Waals surface area contributed by atoms with Crippen LogP contribution in [0.25, 0.3) is 32.3 Å². The molecule has 1 aliphatic carbocycles. The lowest BCUT2D eigenvalue weighted by Gasteiger charge is -2.19. The van der Waals surface area contributed by atoms with Crippen LogP contribution in [0.4, 0.5) is 11.6 Å². The lowest BCUT2D eigenvalue weighted by atomic mass is 9.95. The molecule has 68 heavy (non-hydrogen) atoms. The predicted molar refractivity (Wildman–Crippen MR) is 278 cm³/mol. The lowest BCUT2D eigenvalue weighted by Crippen LogP contribution is -2.19. The summed E-state index contributed by atoms with van der Waals surface area (Å²) in [4.78, 5) is 47.5. The number of nitrogens with zero attached hydrogens (tertiary/aromatic N) is 5. The van der Waals surface area contributed by atoms with Gasteiger partial charge < -0.3 is 15.0 Å². The number of rotatable bonds is 8. The summed E-state index contributed by atoms with van der Waals surface area (Å²) in [6, 6.07) is 61.0. The molecule has 3 aromatic heterocycles. The molecule has 3 aliphatic rings. The van der Waals surface area contributed by atoms with Crippen LogP contribution in [-0.4, -0.2) is 20.8 Å². The number of aromatic amines is 3. The quantitative estimate of drug-likeness (QED) is 0.141. The van der Waals surface area contributed by atoms with Crippen molar-refractivity contribution >= 4 is 96.8 Å². The maximum Gasteiger partial charge on any atom is 0.160 e. The third-order valence-corrected chi connectivity index (χ3v) is 16.2. The number of nitrogens with one attached hydrogen (secondary N) is 3. The first-order chi connectivity index (χ1) is 33.7. The molecule has 0 spiro atoms. The SMILES string of the molecule is C1=CC2=C3N=C(N=c4[nH]/c(c5c(Sc6ccccc6)cccc45)=N\c4[nH]c(c5c(Sc6ccccc6)cccc45)N=c4[nH]c(c5c(Sc6ccccc6)cccc45)=N3)C2C(Sc2ccccc2)=C1. The van der Waals surface area contributed by atoms with Crippen LogP contribution in [0, 0.1) is 5.92 Å². The normalized spacial score (nSPS) is 15.6. The minimum absolute atomic E-state index is 0.265.